The average molecular weight is 357 g/mol. The fourth-order valence-corrected chi connectivity index (χ4v) is 3.09. The molecule has 0 saturated heterocycles. The van der Waals surface area contributed by atoms with Gasteiger partial charge in [-0.3, -0.25) is 9.59 Å². The number of ketones is 1. The number of carbonyl (C=O) groups excluding carboxylic acids is 2. The molecule has 20 heavy (non-hydrogen) atoms. The maximum Gasteiger partial charge on any atom is 0.310 e. The number of hydrogen-bond acceptors (Lipinski definition) is 4. The van der Waals surface area contributed by atoms with Gasteiger partial charge in [0.1, 0.15) is 5.82 Å². The zero-order chi connectivity index (χ0) is 14.7. The Morgan fingerprint density at radius 3 is 2.70 bits per heavy atom. The SMILES string of the molecule is COC(=O)Cc1ccc(C(=O)c2ccc(F)cc2Br)s1. The molecule has 0 N–H and O–H groups in total. The Balaban J connectivity index is 2.23. The van der Waals surface area contributed by atoms with Crippen LogP contribution in [0.25, 0.3) is 0 Å². The lowest BCUT2D eigenvalue weighted by Gasteiger charge is -2.01. The van der Waals surface area contributed by atoms with E-state index < -0.39 is 5.82 Å². The third-order valence-electron chi connectivity index (χ3n) is 2.61. The highest BCUT2D eigenvalue weighted by molar-refractivity contribution is 9.10. The van der Waals surface area contributed by atoms with E-state index in [1.54, 1.807) is 12.1 Å². The van der Waals surface area contributed by atoms with Crippen molar-refractivity contribution in [1.29, 1.82) is 0 Å². The number of rotatable bonds is 4. The van der Waals surface area contributed by atoms with Crippen molar-refractivity contribution in [3.63, 3.8) is 0 Å². The van der Waals surface area contributed by atoms with Gasteiger partial charge in [0.15, 0.2) is 0 Å². The fourth-order valence-electron chi connectivity index (χ4n) is 1.62. The summed E-state index contributed by atoms with van der Waals surface area (Å²) in [6.45, 7) is 0. The van der Waals surface area contributed by atoms with Crippen LogP contribution in [0.15, 0.2) is 34.8 Å². The summed E-state index contributed by atoms with van der Waals surface area (Å²) in [7, 11) is 1.32. The number of hydrogen-bond donors (Lipinski definition) is 0. The summed E-state index contributed by atoms with van der Waals surface area (Å²) in [5.41, 5.74) is 0.387. The van der Waals surface area contributed by atoms with Crippen molar-refractivity contribution in [1.82, 2.24) is 0 Å². The smallest absolute Gasteiger partial charge is 0.310 e. The highest BCUT2D eigenvalue weighted by Gasteiger charge is 2.16. The molecule has 1 aromatic carbocycles. The van der Waals surface area contributed by atoms with Gasteiger partial charge in [-0.15, -0.1) is 11.3 Å². The molecule has 0 atom stereocenters. The van der Waals surface area contributed by atoms with E-state index >= 15 is 0 Å². The summed E-state index contributed by atoms with van der Waals surface area (Å²) in [5, 5.41) is 0. The zero-order valence-corrected chi connectivity index (χ0v) is 12.9. The standard InChI is InChI=1S/C14H10BrFO3S/c1-19-13(17)7-9-3-5-12(20-9)14(18)10-4-2-8(16)6-11(10)15/h2-6H,7H2,1H3. The Morgan fingerprint density at radius 1 is 1.30 bits per heavy atom. The van der Waals surface area contributed by atoms with Crippen LogP contribution in [0.5, 0.6) is 0 Å². The van der Waals surface area contributed by atoms with Crippen molar-refractivity contribution < 1.29 is 18.7 Å². The molecule has 104 valence electrons. The summed E-state index contributed by atoms with van der Waals surface area (Å²) >= 11 is 4.40. The Kier molecular flexibility index (Phi) is 4.67. The third-order valence-corrected chi connectivity index (χ3v) is 4.35. The van der Waals surface area contributed by atoms with E-state index in [0.717, 1.165) is 4.88 Å². The predicted molar refractivity (Wildman–Crippen MR) is 77.6 cm³/mol. The van der Waals surface area contributed by atoms with Crippen LogP contribution in [0.1, 0.15) is 20.1 Å². The minimum atomic E-state index is -0.411. The second-order valence-corrected chi connectivity index (χ2v) is 5.99. The van der Waals surface area contributed by atoms with Gasteiger partial charge >= 0.3 is 5.97 Å². The second-order valence-electron chi connectivity index (χ2n) is 3.97. The highest BCUT2D eigenvalue weighted by Crippen LogP contribution is 2.25. The molecule has 0 unspecified atom stereocenters. The first-order chi connectivity index (χ1) is 9.51. The number of methoxy groups -OCH3 is 1. The topological polar surface area (TPSA) is 43.4 Å². The Hall–Kier alpha value is -1.53. The van der Waals surface area contributed by atoms with E-state index in [4.69, 9.17) is 0 Å². The van der Waals surface area contributed by atoms with Crippen molar-refractivity contribution in [2.45, 2.75) is 6.42 Å². The van der Waals surface area contributed by atoms with E-state index in [9.17, 15) is 14.0 Å². The van der Waals surface area contributed by atoms with Gasteiger partial charge in [0.05, 0.1) is 18.4 Å². The number of esters is 1. The molecular weight excluding hydrogens is 347 g/mol. The Morgan fingerprint density at radius 2 is 2.05 bits per heavy atom. The lowest BCUT2D eigenvalue weighted by atomic mass is 10.1. The molecule has 0 radical (unpaired) electrons. The number of benzene rings is 1. The van der Waals surface area contributed by atoms with Crippen molar-refractivity contribution in [2.24, 2.45) is 0 Å². The molecule has 0 aliphatic rings. The molecule has 3 nitrogen and oxygen atoms in total. The van der Waals surface area contributed by atoms with E-state index in [1.807, 2.05) is 0 Å². The summed E-state index contributed by atoms with van der Waals surface area (Å²) < 4.78 is 18.0. The van der Waals surface area contributed by atoms with Crippen molar-refractivity contribution >= 4 is 39.0 Å². The van der Waals surface area contributed by atoms with Gasteiger partial charge in [-0.25, -0.2) is 4.39 Å². The van der Waals surface area contributed by atoms with Crippen molar-refractivity contribution in [2.75, 3.05) is 7.11 Å². The van der Waals surface area contributed by atoms with E-state index in [2.05, 4.69) is 20.7 Å². The molecule has 0 aliphatic heterocycles. The van der Waals surface area contributed by atoms with Crippen LogP contribution in [0.2, 0.25) is 0 Å². The van der Waals surface area contributed by atoms with Gasteiger partial charge in [0, 0.05) is 14.9 Å². The van der Waals surface area contributed by atoms with E-state index in [1.165, 1.54) is 36.6 Å². The minimum absolute atomic E-state index is 0.138. The first-order valence-corrected chi connectivity index (χ1v) is 7.27. The minimum Gasteiger partial charge on any atom is -0.469 e. The Bertz CT molecular complexity index is 666. The van der Waals surface area contributed by atoms with Crippen LogP contribution < -0.4 is 0 Å². The van der Waals surface area contributed by atoms with Crippen LogP contribution in [0.4, 0.5) is 4.39 Å². The molecule has 0 aliphatic carbocycles. The monoisotopic (exact) mass is 356 g/mol. The van der Waals surface area contributed by atoms with Crippen LogP contribution in [-0.4, -0.2) is 18.9 Å². The second kappa shape index (κ2) is 6.28. The lowest BCUT2D eigenvalue weighted by Crippen LogP contribution is -2.02. The van der Waals surface area contributed by atoms with Crippen LogP contribution in [0.3, 0.4) is 0 Å². The van der Waals surface area contributed by atoms with Gasteiger partial charge in [-0.2, -0.15) is 0 Å². The molecule has 6 heteroatoms. The summed E-state index contributed by atoms with van der Waals surface area (Å²) in [6, 6.07) is 7.28. The van der Waals surface area contributed by atoms with Gasteiger partial charge in [-0.1, -0.05) is 0 Å². The number of thiophene rings is 1. The molecule has 2 rings (SSSR count). The van der Waals surface area contributed by atoms with Gasteiger partial charge in [-0.05, 0) is 46.3 Å². The summed E-state index contributed by atoms with van der Waals surface area (Å²) in [5.74, 6) is -0.974. The largest absolute Gasteiger partial charge is 0.469 e. The first-order valence-electron chi connectivity index (χ1n) is 5.66. The molecule has 1 heterocycles. The summed E-state index contributed by atoms with van der Waals surface area (Å²) in [4.78, 5) is 24.7. The quantitative estimate of drug-likeness (QED) is 0.620. The predicted octanol–water partition coefficient (Wildman–Crippen LogP) is 3.60. The molecular formula is C14H10BrFO3S. The normalized spacial score (nSPS) is 10.3. The zero-order valence-electron chi connectivity index (χ0n) is 10.5. The number of halogens is 2. The van der Waals surface area contributed by atoms with Crippen molar-refractivity contribution in [3.05, 3.63) is 55.9 Å². The molecule has 0 bridgehead atoms. The summed E-state index contributed by atoms with van der Waals surface area (Å²) in [6.07, 6.45) is 0.138. The molecule has 1 aromatic heterocycles. The van der Waals surface area contributed by atoms with Crippen molar-refractivity contribution in [3.8, 4) is 0 Å². The third kappa shape index (κ3) is 3.32. The molecule has 0 saturated carbocycles. The Labute approximate surface area is 127 Å². The average Bonchev–Trinajstić information content (AvgIpc) is 2.86. The van der Waals surface area contributed by atoms with Crippen LogP contribution >= 0.6 is 27.3 Å². The maximum atomic E-state index is 13.0. The van der Waals surface area contributed by atoms with Crippen LogP contribution in [0, 0.1) is 5.82 Å². The number of ether oxygens (including phenoxy) is 1. The fraction of sp³-hybridized carbons (Fsp3) is 0.143. The molecule has 2 aromatic rings. The van der Waals surface area contributed by atoms with Gasteiger partial charge in [0.2, 0.25) is 5.78 Å². The van der Waals surface area contributed by atoms with Crippen LogP contribution in [-0.2, 0) is 16.0 Å². The van der Waals surface area contributed by atoms with E-state index in [0.29, 0.717) is 14.9 Å². The van der Waals surface area contributed by atoms with Gasteiger partial charge in [0.25, 0.3) is 0 Å². The van der Waals surface area contributed by atoms with E-state index in [-0.39, 0.29) is 18.2 Å². The maximum absolute atomic E-state index is 13.0. The molecule has 0 fully saturated rings. The lowest BCUT2D eigenvalue weighted by molar-refractivity contribution is -0.139. The molecule has 0 amide bonds. The number of carbonyl (C=O) groups is 2. The van der Waals surface area contributed by atoms with Gasteiger partial charge < -0.3 is 4.74 Å². The highest BCUT2D eigenvalue weighted by atomic mass is 79.9. The first kappa shape index (κ1) is 14.9. The molecule has 0 spiro atoms.